The summed E-state index contributed by atoms with van der Waals surface area (Å²) in [6.45, 7) is 0.729. The molecule has 0 amide bonds. The first-order valence-corrected chi connectivity index (χ1v) is 6.26. The average Bonchev–Trinajstić information content (AvgIpc) is 2.47. The van der Waals surface area contributed by atoms with E-state index in [0.29, 0.717) is 11.7 Å². The molecule has 6 heteroatoms. The van der Waals surface area contributed by atoms with Gasteiger partial charge in [0, 0.05) is 12.6 Å². The SMILES string of the molecule is COc1cccc(CCNc2cc(OC)nc(N)n2)c1. The molecule has 0 bridgehead atoms. The molecule has 0 saturated carbocycles. The van der Waals surface area contributed by atoms with Gasteiger partial charge in [0.25, 0.3) is 0 Å². The molecule has 0 aliphatic rings. The van der Waals surface area contributed by atoms with Crippen molar-refractivity contribution in [2.75, 3.05) is 31.8 Å². The summed E-state index contributed by atoms with van der Waals surface area (Å²) < 4.78 is 10.2. The van der Waals surface area contributed by atoms with Crippen molar-refractivity contribution in [2.45, 2.75) is 6.42 Å². The molecule has 1 heterocycles. The van der Waals surface area contributed by atoms with E-state index in [9.17, 15) is 0 Å². The molecule has 106 valence electrons. The number of benzene rings is 1. The molecule has 0 aliphatic carbocycles. The second-order valence-electron chi connectivity index (χ2n) is 4.18. The van der Waals surface area contributed by atoms with Crippen molar-refractivity contribution >= 4 is 11.8 Å². The van der Waals surface area contributed by atoms with E-state index < -0.39 is 0 Å². The van der Waals surface area contributed by atoms with Crippen LogP contribution in [-0.4, -0.2) is 30.7 Å². The largest absolute Gasteiger partial charge is 0.497 e. The van der Waals surface area contributed by atoms with E-state index in [1.165, 1.54) is 5.56 Å². The number of nitrogens with zero attached hydrogens (tertiary/aromatic N) is 2. The first-order valence-electron chi connectivity index (χ1n) is 6.26. The zero-order chi connectivity index (χ0) is 14.4. The van der Waals surface area contributed by atoms with Gasteiger partial charge in [0.05, 0.1) is 14.2 Å². The lowest BCUT2D eigenvalue weighted by Gasteiger charge is -2.08. The van der Waals surface area contributed by atoms with Crippen LogP contribution in [0.4, 0.5) is 11.8 Å². The van der Waals surface area contributed by atoms with Gasteiger partial charge in [-0.05, 0) is 24.1 Å². The number of nitrogen functional groups attached to an aromatic ring is 1. The third kappa shape index (κ3) is 3.74. The average molecular weight is 274 g/mol. The number of anilines is 2. The minimum absolute atomic E-state index is 0.188. The van der Waals surface area contributed by atoms with Crippen molar-refractivity contribution in [3.05, 3.63) is 35.9 Å². The van der Waals surface area contributed by atoms with Crippen LogP contribution in [0, 0.1) is 0 Å². The van der Waals surface area contributed by atoms with Gasteiger partial charge in [0.2, 0.25) is 11.8 Å². The second kappa shape index (κ2) is 6.60. The van der Waals surface area contributed by atoms with Crippen molar-refractivity contribution in [1.29, 1.82) is 0 Å². The van der Waals surface area contributed by atoms with E-state index in [0.717, 1.165) is 18.7 Å². The van der Waals surface area contributed by atoms with E-state index in [1.807, 2.05) is 18.2 Å². The number of hydrogen-bond donors (Lipinski definition) is 2. The van der Waals surface area contributed by atoms with Crippen LogP contribution in [-0.2, 0) is 6.42 Å². The lowest BCUT2D eigenvalue weighted by Crippen LogP contribution is -2.08. The van der Waals surface area contributed by atoms with Gasteiger partial charge in [-0.2, -0.15) is 9.97 Å². The summed E-state index contributed by atoms with van der Waals surface area (Å²) in [5, 5.41) is 3.19. The van der Waals surface area contributed by atoms with Crippen LogP contribution in [0.2, 0.25) is 0 Å². The predicted molar refractivity (Wildman–Crippen MR) is 78.2 cm³/mol. The van der Waals surface area contributed by atoms with Crippen molar-refractivity contribution in [3.8, 4) is 11.6 Å². The monoisotopic (exact) mass is 274 g/mol. The molecule has 2 aromatic rings. The Balaban J connectivity index is 1.93. The van der Waals surface area contributed by atoms with E-state index in [-0.39, 0.29) is 5.95 Å². The van der Waals surface area contributed by atoms with Crippen LogP contribution in [0.1, 0.15) is 5.56 Å². The van der Waals surface area contributed by atoms with Gasteiger partial charge in [-0.3, -0.25) is 0 Å². The summed E-state index contributed by atoms with van der Waals surface area (Å²) in [6.07, 6.45) is 0.851. The molecule has 0 radical (unpaired) electrons. The number of aromatic nitrogens is 2. The number of hydrogen-bond acceptors (Lipinski definition) is 6. The molecule has 0 aliphatic heterocycles. The quantitative estimate of drug-likeness (QED) is 0.834. The Hall–Kier alpha value is -2.50. The number of nitrogens with one attached hydrogen (secondary N) is 1. The van der Waals surface area contributed by atoms with Crippen LogP contribution in [0.15, 0.2) is 30.3 Å². The zero-order valence-electron chi connectivity index (χ0n) is 11.6. The Morgan fingerprint density at radius 1 is 1.15 bits per heavy atom. The van der Waals surface area contributed by atoms with Gasteiger partial charge in [0.15, 0.2) is 0 Å². The highest BCUT2D eigenvalue weighted by Gasteiger charge is 2.02. The fourth-order valence-electron chi connectivity index (χ4n) is 1.80. The maximum absolute atomic E-state index is 5.60. The Morgan fingerprint density at radius 3 is 2.75 bits per heavy atom. The Kier molecular flexibility index (Phi) is 4.60. The molecule has 2 rings (SSSR count). The number of rotatable bonds is 6. The highest BCUT2D eigenvalue weighted by molar-refractivity contribution is 5.43. The normalized spacial score (nSPS) is 10.1. The van der Waals surface area contributed by atoms with Gasteiger partial charge in [-0.25, -0.2) is 0 Å². The number of nitrogens with two attached hydrogens (primary N) is 1. The minimum atomic E-state index is 0.188. The Morgan fingerprint density at radius 2 is 2.00 bits per heavy atom. The lowest BCUT2D eigenvalue weighted by molar-refractivity contribution is 0.398. The molecule has 3 N–H and O–H groups in total. The standard InChI is InChI=1S/C14H18N4O2/c1-19-11-5-3-4-10(8-11)6-7-16-12-9-13(20-2)18-14(15)17-12/h3-5,8-9H,6-7H2,1-2H3,(H3,15,16,17,18). The Bertz CT molecular complexity index is 575. The molecular weight excluding hydrogens is 256 g/mol. The maximum Gasteiger partial charge on any atom is 0.225 e. The molecule has 1 aromatic carbocycles. The van der Waals surface area contributed by atoms with E-state index >= 15 is 0 Å². The van der Waals surface area contributed by atoms with Crippen LogP contribution < -0.4 is 20.5 Å². The summed E-state index contributed by atoms with van der Waals surface area (Å²) >= 11 is 0. The topological polar surface area (TPSA) is 82.3 Å². The minimum Gasteiger partial charge on any atom is -0.497 e. The summed E-state index contributed by atoms with van der Waals surface area (Å²) in [7, 11) is 3.20. The summed E-state index contributed by atoms with van der Waals surface area (Å²) in [4.78, 5) is 8.03. The summed E-state index contributed by atoms with van der Waals surface area (Å²) in [6, 6.07) is 9.67. The molecule has 20 heavy (non-hydrogen) atoms. The third-order valence-electron chi connectivity index (χ3n) is 2.78. The van der Waals surface area contributed by atoms with Gasteiger partial charge in [0.1, 0.15) is 11.6 Å². The predicted octanol–water partition coefficient (Wildman–Crippen LogP) is 1.73. The summed E-state index contributed by atoms with van der Waals surface area (Å²) in [5.74, 6) is 2.14. The van der Waals surface area contributed by atoms with Crippen molar-refractivity contribution in [1.82, 2.24) is 9.97 Å². The fourth-order valence-corrected chi connectivity index (χ4v) is 1.80. The smallest absolute Gasteiger partial charge is 0.225 e. The zero-order valence-corrected chi connectivity index (χ0v) is 11.6. The van der Waals surface area contributed by atoms with Crippen LogP contribution in [0.3, 0.4) is 0 Å². The highest BCUT2D eigenvalue weighted by Crippen LogP contribution is 2.15. The third-order valence-corrected chi connectivity index (χ3v) is 2.78. The first-order chi connectivity index (χ1) is 9.71. The molecule has 0 unspecified atom stereocenters. The number of ether oxygens (including phenoxy) is 2. The van der Waals surface area contributed by atoms with Crippen LogP contribution in [0.5, 0.6) is 11.6 Å². The van der Waals surface area contributed by atoms with E-state index in [4.69, 9.17) is 15.2 Å². The fraction of sp³-hybridized carbons (Fsp3) is 0.286. The molecule has 0 saturated heterocycles. The molecule has 1 aromatic heterocycles. The molecule has 0 atom stereocenters. The molecule has 6 nitrogen and oxygen atoms in total. The van der Waals surface area contributed by atoms with Crippen LogP contribution in [0.25, 0.3) is 0 Å². The molecule has 0 fully saturated rings. The van der Waals surface area contributed by atoms with E-state index in [2.05, 4.69) is 21.4 Å². The van der Waals surface area contributed by atoms with Crippen molar-refractivity contribution in [2.24, 2.45) is 0 Å². The van der Waals surface area contributed by atoms with Crippen LogP contribution >= 0.6 is 0 Å². The van der Waals surface area contributed by atoms with Gasteiger partial charge >= 0.3 is 0 Å². The molecule has 0 spiro atoms. The second-order valence-corrected chi connectivity index (χ2v) is 4.18. The summed E-state index contributed by atoms with van der Waals surface area (Å²) in [5.41, 5.74) is 6.78. The first kappa shape index (κ1) is 13.9. The van der Waals surface area contributed by atoms with Gasteiger partial charge in [-0.1, -0.05) is 12.1 Å². The van der Waals surface area contributed by atoms with E-state index in [1.54, 1.807) is 20.3 Å². The van der Waals surface area contributed by atoms with Crippen molar-refractivity contribution in [3.63, 3.8) is 0 Å². The van der Waals surface area contributed by atoms with Gasteiger partial charge in [-0.15, -0.1) is 0 Å². The Labute approximate surface area is 118 Å². The van der Waals surface area contributed by atoms with Gasteiger partial charge < -0.3 is 20.5 Å². The van der Waals surface area contributed by atoms with Crippen molar-refractivity contribution < 1.29 is 9.47 Å². The number of methoxy groups -OCH3 is 2. The lowest BCUT2D eigenvalue weighted by atomic mass is 10.1. The maximum atomic E-state index is 5.60. The highest BCUT2D eigenvalue weighted by atomic mass is 16.5. The molecular formula is C14H18N4O2.